The van der Waals surface area contributed by atoms with Gasteiger partial charge in [-0.3, -0.25) is 19.6 Å². The molecule has 0 atom stereocenters. The summed E-state index contributed by atoms with van der Waals surface area (Å²) in [5.74, 6) is -0.762. The highest BCUT2D eigenvalue weighted by Gasteiger charge is 2.55. The fraction of sp³-hybridized carbons (Fsp3) is 0.222. The van der Waals surface area contributed by atoms with E-state index >= 15 is 0 Å². The number of likely N-dealkylation sites (tertiary alicyclic amines) is 1. The number of nitrogens with zero attached hydrogens (tertiary/aromatic N) is 4. The Balaban J connectivity index is 1.30. The van der Waals surface area contributed by atoms with Crippen LogP contribution in [0.25, 0.3) is 10.9 Å². The van der Waals surface area contributed by atoms with E-state index in [1.54, 1.807) is 17.2 Å². The third-order valence-electron chi connectivity index (χ3n) is 7.27. The Labute approximate surface area is 212 Å². The highest BCUT2D eigenvalue weighted by atomic mass is 35.5. The van der Waals surface area contributed by atoms with E-state index in [2.05, 4.69) is 10.2 Å². The number of aromatic nitrogens is 2. The van der Waals surface area contributed by atoms with E-state index in [4.69, 9.17) is 11.6 Å². The van der Waals surface area contributed by atoms with E-state index in [0.717, 1.165) is 16.6 Å². The van der Waals surface area contributed by atoms with Crippen molar-refractivity contribution in [2.75, 3.05) is 29.6 Å². The van der Waals surface area contributed by atoms with Crippen molar-refractivity contribution in [1.29, 1.82) is 0 Å². The summed E-state index contributed by atoms with van der Waals surface area (Å²) in [5, 5.41) is 8.14. The molecule has 9 heteroatoms. The van der Waals surface area contributed by atoms with Crippen molar-refractivity contribution in [2.45, 2.75) is 18.4 Å². The van der Waals surface area contributed by atoms with Gasteiger partial charge in [-0.05, 0) is 61.4 Å². The number of carbonyl (C=O) groups excluding carboxylic acids is 2. The van der Waals surface area contributed by atoms with Crippen molar-refractivity contribution in [3.8, 4) is 0 Å². The topological polar surface area (TPSA) is 72.5 Å². The second-order valence-corrected chi connectivity index (χ2v) is 9.67. The van der Waals surface area contributed by atoms with E-state index in [1.807, 2.05) is 47.4 Å². The first-order valence-electron chi connectivity index (χ1n) is 11.8. The highest BCUT2D eigenvalue weighted by molar-refractivity contribution is 6.31. The van der Waals surface area contributed by atoms with Crippen molar-refractivity contribution < 1.29 is 14.0 Å². The third-order valence-corrected chi connectivity index (χ3v) is 7.51. The van der Waals surface area contributed by atoms with Crippen LogP contribution >= 0.6 is 11.6 Å². The Hall–Kier alpha value is -3.91. The molecule has 2 amide bonds. The number of halogens is 2. The second-order valence-electron chi connectivity index (χ2n) is 9.23. The van der Waals surface area contributed by atoms with Crippen LogP contribution in [-0.2, 0) is 4.79 Å². The van der Waals surface area contributed by atoms with Gasteiger partial charge in [0.2, 0.25) is 0 Å². The number of fused-ring (bicyclic) bond motifs is 1. The lowest BCUT2D eigenvalue weighted by Crippen LogP contribution is -2.57. The standard InChI is InChI=1S/C27H23ClFN5O2/c28-20-7-8-22(29)24(15-20)33-17-34(21-4-2-1-3-5-21)27(26(33)36)10-12-32(13-11-27)25(35)18-6-9-23-19(14-18)16-30-31-23/h1-9,14-16H,10-13,17H2,(H,30,31). The lowest BCUT2D eigenvalue weighted by Gasteiger charge is -2.43. The molecule has 2 saturated heterocycles. The summed E-state index contributed by atoms with van der Waals surface area (Å²) in [4.78, 5) is 32.5. The van der Waals surface area contributed by atoms with Gasteiger partial charge in [-0.2, -0.15) is 5.10 Å². The lowest BCUT2D eigenvalue weighted by atomic mass is 9.85. The van der Waals surface area contributed by atoms with Crippen molar-refractivity contribution in [2.24, 2.45) is 0 Å². The van der Waals surface area contributed by atoms with Crippen LogP contribution in [0, 0.1) is 5.82 Å². The number of para-hydroxylation sites is 1. The molecule has 0 bridgehead atoms. The minimum absolute atomic E-state index is 0.0811. The predicted octanol–water partition coefficient (Wildman–Crippen LogP) is 4.84. The smallest absolute Gasteiger partial charge is 0.254 e. The molecule has 0 unspecified atom stereocenters. The van der Waals surface area contributed by atoms with Crippen molar-refractivity contribution in [3.63, 3.8) is 0 Å². The van der Waals surface area contributed by atoms with Crippen LogP contribution < -0.4 is 9.80 Å². The molecule has 36 heavy (non-hydrogen) atoms. The van der Waals surface area contributed by atoms with Gasteiger partial charge < -0.3 is 9.80 Å². The second kappa shape index (κ2) is 8.64. The number of anilines is 2. The molecule has 1 aromatic heterocycles. The first-order chi connectivity index (χ1) is 17.5. The Morgan fingerprint density at radius 1 is 1.03 bits per heavy atom. The van der Waals surface area contributed by atoms with Gasteiger partial charge in [-0.1, -0.05) is 29.8 Å². The van der Waals surface area contributed by atoms with Crippen molar-refractivity contribution in [3.05, 3.63) is 89.3 Å². The molecule has 0 aliphatic carbocycles. The minimum atomic E-state index is -0.887. The van der Waals surface area contributed by atoms with Gasteiger partial charge in [0.05, 0.1) is 24.1 Å². The molecule has 182 valence electrons. The maximum Gasteiger partial charge on any atom is 0.254 e. The summed E-state index contributed by atoms with van der Waals surface area (Å²) >= 11 is 6.15. The molecular formula is C27H23ClFN5O2. The molecular weight excluding hydrogens is 481 g/mol. The van der Waals surface area contributed by atoms with Gasteiger partial charge >= 0.3 is 0 Å². The number of H-pyrrole nitrogens is 1. The number of hydrogen-bond acceptors (Lipinski definition) is 4. The van der Waals surface area contributed by atoms with Crippen LogP contribution in [-0.4, -0.2) is 52.2 Å². The fourth-order valence-corrected chi connectivity index (χ4v) is 5.51. The normalized spacial score (nSPS) is 17.4. The first kappa shape index (κ1) is 22.5. The highest BCUT2D eigenvalue weighted by Crippen LogP contribution is 2.42. The van der Waals surface area contributed by atoms with Crippen LogP contribution in [0.2, 0.25) is 5.02 Å². The number of hydrogen-bond donors (Lipinski definition) is 1. The molecule has 0 radical (unpaired) electrons. The summed E-state index contributed by atoms with van der Waals surface area (Å²) in [6.45, 7) is 1.01. The van der Waals surface area contributed by atoms with Crippen LogP contribution in [0.1, 0.15) is 23.2 Å². The zero-order chi connectivity index (χ0) is 24.9. The van der Waals surface area contributed by atoms with Gasteiger partial charge in [-0.25, -0.2) is 4.39 Å². The Bertz CT molecular complexity index is 1470. The fourth-order valence-electron chi connectivity index (χ4n) is 5.34. The Kier molecular flexibility index (Phi) is 5.41. The molecule has 7 nitrogen and oxygen atoms in total. The number of rotatable bonds is 3. The summed E-state index contributed by atoms with van der Waals surface area (Å²) in [7, 11) is 0. The van der Waals surface area contributed by atoms with Crippen LogP contribution in [0.4, 0.5) is 15.8 Å². The largest absolute Gasteiger partial charge is 0.338 e. The molecule has 2 aliphatic heterocycles. The first-order valence-corrected chi connectivity index (χ1v) is 12.2. The van der Waals surface area contributed by atoms with E-state index in [0.29, 0.717) is 36.5 Å². The minimum Gasteiger partial charge on any atom is -0.338 e. The number of aromatic amines is 1. The zero-order valence-electron chi connectivity index (χ0n) is 19.3. The monoisotopic (exact) mass is 503 g/mol. The summed E-state index contributed by atoms with van der Waals surface area (Å²) in [5.41, 5.74) is 1.60. The number of carbonyl (C=O) groups is 2. The average molecular weight is 504 g/mol. The maximum absolute atomic E-state index is 14.8. The molecule has 2 fully saturated rings. The molecule has 2 aliphatic rings. The molecule has 3 heterocycles. The van der Waals surface area contributed by atoms with Gasteiger partial charge in [0.1, 0.15) is 11.4 Å². The molecule has 3 aromatic carbocycles. The Morgan fingerprint density at radius 2 is 1.81 bits per heavy atom. The van der Waals surface area contributed by atoms with Crippen LogP contribution in [0.5, 0.6) is 0 Å². The van der Waals surface area contributed by atoms with Crippen LogP contribution in [0.15, 0.2) is 72.9 Å². The number of benzene rings is 3. The van der Waals surface area contributed by atoms with Crippen molar-refractivity contribution >= 4 is 45.7 Å². The van der Waals surface area contributed by atoms with E-state index in [-0.39, 0.29) is 24.2 Å². The molecule has 1 N–H and O–H groups in total. The summed E-state index contributed by atoms with van der Waals surface area (Å²) in [6, 6.07) is 19.3. The predicted molar refractivity (Wildman–Crippen MR) is 137 cm³/mol. The molecule has 4 aromatic rings. The number of amides is 2. The lowest BCUT2D eigenvalue weighted by molar-refractivity contribution is -0.122. The quantitative estimate of drug-likeness (QED) is 0.434. The summed E-state index contributed by atoms with van der Waals surface area (Å²) in [6.07, 6.45) is 2.55. The molecule has 1 spiro atoms. The van der Waals surface area contributed by atoms with Gasteiger partial charge in [0, 0.05) is 34.7 Å². The molecule has 0 saturated carbocycles. The number of nitrogens with one attached hydrogen (secondary N) is 1. The molecule has 6 rings (SSSR count). The average Bonchev–Trinajstić information content (AvgIpc) is 3.49. The van der Waals surface area contributed by atoms with Crippen LogP contribution in [0.3, 0.4) is 0 Å². The SMILES string of the molecule is O=C(c1ccc2[nH]ncc2c1)N1CCC2(CC1)C(=O)N(c1cc(Cl)ccc1F)CN2c1ccccc1. The third kappa shape index (κ3) is 3.60. The summed E-state index contributed by atoms with van der Waals surface area (Å²) < 4.78 is 14.8. The Morgan fingerprint density at radius 3 is 2.58 bits per heavy atom. The van der Waals surface area contributed by atoms with Crippen molar-refractivity contribution in [1.82, 2.24) is 15.1 Å². The van der Waals surface area contributed by atoms with Gasteiger partial charge in [0.25, 0.3) is 11.8 Å². The van der Waals surface area contributed by atoms with E-state index in [9.17, 15) is 14.0 Å². The van der Waals surface area contributed by atoms with Gasteiger partial charge in [0.15, 0.2) is 0 Å². The van der Waals surface area contributed by atoms with Gasteiger partial charge in [-0.15, -0.1) is 0 Å². The van der Waals surface area contributed by atoms with E-state index < -0.39 is 11.4 Å². The zero-order valence-corrected chi connectivity index (χ0v) is 20.1. The van der Waals surface area contributed by atoms with E-state index in [1.165, 1.54) is 23.1 Å². The maximum atomic E-state index is 14.8. The number of piperidine rings is 1.